The summed E-state index contributed by atoms with van der Waals surface area (Å²) in [4.78, 5) is 16.2. The predicted octanol–water partition coefficient (Wildman–Crippen LogP) is 3.70. The van der Waals surface area contributed by atoms with E-state index in [2.05, 4.69) is 41.9 Å². The number of aromatic nitrogens is 6. The number of piperidine rings is 1. The SMILES string of the molecule is Cc1cc(Nc2ncnc3ccc(N4CC5CC(C4)N5)nc23)ccc1Oc1ccc2c(c1)nnn2C. The van der Waals surface area contributed by atoms with E-state index in [1.54, 1.807) is 11.0 Å². The van der Waals surface area contributed by atoms with E-state index in [0.717, 1.165) is 63.7 Å². The van der Waals surface area contributed by atoms with Crippen LogP contribution in [0.25, 0.3) is 22.1 Å². The second-order valence-corrected chi connectivity index (χ2v) is 9.53. The topological polar surface area (TPSA) is 106 Å². The van der Waals surface area contributed by atoms with Crippen LogP contribution in [0.5, 0.6) is 11.5 Å². The number of piperazine rings is 1. The van der Waals surface area contributed by atoms with Gasteiger partial charge in [0.05, 0.1) is 11.0 Å². The number of hydrogen-bond donors (Lipinski definition) is 2. The molecule has 10 heteroatoms. The minimum Gasteiger partial charge on any atom is -0.457 e. The number of ether oxygens (including phenoxy) is 1. The summed E-state index contributed by atoms with van der Waals surface area (Å²) in [6.45, 7) is 3.98. The molecule has 0 radical (unpaired) electrons. The van der Waals surface area contributed by atoms with E-state index >= 15 is 0 Å². The summed E-state index contributed by atoms with van der Waals surface area (Å²) in [5.41, 5.74) is 5.23. The summed E-state index contributed by atoms with van der Waals surface area (Å²) in [6, 6.07) is 17.0. The Hall–Kier alpha value is -4.31. The van der Waals surface area contributed by atoms with Crippen LogP contribution in [0, 0.1) is 6.92 Å². The summed E-state index contributed by atoms with van der Waals surface area (Å²) < 4.78 is 7.89. The highest BCUT2D eigenvalue weighted by molar-refractivity contribution is 5.88. The van der Waals surface area contributed by atoms with Gasteiger partial charge in [0.25, 0.3) is 0 Å². The highest BCUT2D eigenvalue weighted by Crippen LogP contribution is 2.32. The number of aryl methyl sites for hydroxylation is 2. The third-order valence-electron chi connectivity index (χ3n) is 6.96. The second-order valence-electron chi connectivity index (χ2n) is 9.53. The number of hydrogen-bond acceptors (Lipinski definition) is 9. The third-order valence-corrected chi connectivity index (χ3v) is 6.96. The Morgan fingerprint density at radius 2 is 1.86 bits per heavy atom. The maximum absolute atomic E-state index is 6.14. The average Bonchev–Trinajstić information content (AvgIpc) is 3.25. The molecule has 180 valence electrons. The molecule has 3 aliphatic heterocycles. The molecular weight excluding hydrogens is 454 g/mol. The van der Waals surface area contributed by atoms with Crippen LogP contribution in [-0.2, 0) is 7.05 Å². The smallest absolute Gasteiger partial charge is 0.160 e. The van der Waals surface area contributed by atoms with Gasteiger partial charge < -0.3 is 20.3 Å². The molecule has 8 rings (SSSR count). The van der Waals surface area contributed by atoms with Gasteiger partial charge in [-0.3, -0.25) is 0 Å². The fraction of sp³-hybridized carbons (Fsp3) is 0.269. The molecule has 0 amide bonds. The van der Waals surface area contributed by atoms with Crippen LogP contribution < -0.4 is 20.3 Å². The van der Waals surface area contributed by atoms with E-state index in [1.165, 1.54) is 6.42 Å². The molecule has 2 N–H and O–H groups in total. The lowest BCUT2D eigenvalue weighted by Gasteiger charge is -2.48. The summed E-state index contributed by atoms with van der Waals surface area (Å²) in [5, 5.41) is 15.2. The Balaban J connectivity index is 1.14. The largest absolute Gasteiger partial charge is 0.457 e. The van der Waals surface area contributed by atoms with Crippen molar-refractivity contribution in [3.63, 3.8) is 0 Å². The Morgan fingerprint density at radius 3 is 2.69 bits per heavy atom. The van der Waals surface area contributed by atoms with E-state index in [1.807, 2.05) is 56.4 Å². The fourth-order valence-electron chi connectivity index (χ4n) is 5.09. The molecule has 2 atom stereocenters. The lowest BCUT2D eigenvalue weighted by molar-refractivity contribution is 0.225. The molecular formula is C26H25N9O. The standard InChI is InChI=1S/C26H25N9O/c1-15-9-16(3-7-23(15)36-19-4-6-22-21(11-19)32-33-34(22)2)30-26-25-20(27-14-28-26)5-8-24(31-25)35-12-17-10-18(13-35)29-17/h3-9,11,14,17-18,29H,10,12-13H2,1-2H3,(H,27,28,30). The molecule has 0 aliphatic carbocycles. The van der Waals surface area contributed by atoms with E-state index in [0.29, 0.717) is 17.9 Å². The number of fused-ring (bicyclic) bond motifs is 4. The molecule has 10 nitrogen and oxygen atoms in total. The first-order valence-corrected chi connectivity index (χ1v) is 12.1. The second kappa shape index (κ2) is 8.13. The lowest BCUT2D eigenvalue weighted by atomic mass is 9.91. The van der Waals surface area contributed by atoms with Crippen LogP contribution in [0.4, 0.5) is 17.3 Å². The molecule has 3 aliphatic rings. The molecule has 0 saturated carbocycles. The van der Waals surface area contributed by atoms with Crippen molar-refractivity contribution in [3.8, 4) is 11.5 Å². The number of benzene rings is 2. The number of anilines is 3. The van der Waals surface area contributed by atoms with Crippen molar-refractivity contribution in [2.24, 2.45) is 7.05 Å². The lowest BCUT2D eigenvalue weighted by Crippen LogP contribution is -2.67. The summed E-state index contributed by atoms with van der Waals surface area (Å²) in [5.74, 6) is 3.14. The van der Waals surface area contributed by atoms with Gasteiger partial charge in [-0.1, -0.05) is 5.21 Å². The zero-order valence-electron chi connectivity index (χ0n) is 20.0. The van der Waals surface area contributed by atoms with Crippen molar-refractivity contribution in [1.82, 2.24) is 35.3 Å². The maximum Gasteiger partial charge on any atom is 0.160 e. The van der Waals surface area contributed by atoms with Gasteiger partial charge in [-0.05, 0) is 61.4 Å². The van der Waals surface area contributed by atoms with Gasteiger partial charge in [-0.15, -0.1) is 5.10 Å². The van der Waals surface area contributed by atoms with Gasteiger partial charge in [-0.25, -0.2) is 19.6 Å². The predicted molar refractivity (Wildman–Crippen MR) is 138 cm³/mol. The van der Waals surface area contributed by atoms with Crippen molar-refractivity contribution >= 4 is 39.4 Å². The van der Waals surface area contributed by atoms with Crippen LogP contribution >= 0.6 is 0 Å². The van der Waals surface area contributed by atoms with Gasteiger partial charge in [0, 0.05) is 44.0 Å². The van der Waals surface area contributed by atoms with Gasteiger partial charge in [0.2, 0.25) is 0 Å². The van der Waals surface area contributed by atoms with Crippen molar-refractivity contribution < 1.29 is 4.74 Å². The molecule has 3 aromatic heterocycles. The van der Waals surface area contributed by atoms with Crippen LogP contribution in [0.3, 0.4) is 0 Å². The first kappa shape index (κ1) is 21.0. The van der Waals surface area contributed by atoms with E-state index in [9.17, 15) is 0 Å². The van der Waals surface area contributed by atoms with Crippen LogP contribution in [-0.4, -0.2) is 55.1 Å². The minimum absolute atomic E-state index is 0.567. The Bertz CT molecular complexity index is 1600. The zero-order chi connectivity index (χ0) is 24.2. The van der Waals surface area contributed by atoms with Crippen molar-refractivity contribution in [1.29, 1.82) is 0 Å². The molecule has 36 heavy (non-hydrogen) atoms. The van der Waals surface area contributed by atoms with E-state index in [-0.39, 0.29) is 0 Å². The van der Waals surface area contributed by atoms with Gasteiger partial charge in [0.1, 0.15) is 34.7 Å². The van der Waals surface area contributed by atoms with Crippen molar-refractivity contribution in [2.45, 2.75) is 25.4 Å². The number of nitrogens with zero attached hydrogens (tertiary/aromatic N) is 7. The first-order valence-electron chi connectivity index (χ1n) is 12.1. The first-order chi connectivity index (χ1) is 17.6. The molecule has 3 fully saturated rings. The zero-order valence-corrected chi connectivity index (χ0v) is 20.0. The van der Waals surface area contributed by atoms with Crippen molar-refractivity contribution in [2.75, 3.05) is 23.3 Å². The quantitative estimate of drug-likeness (QED) is 0.390. The van der Waals surface area contributed by atoms with Crippen molar-refractivity contribution in [3.05, 3.63) is 60.4 Å². The summed E-state index contributed by atoms with van der Waals surface area (Å²) in [6.07, 6.45) is 2.83. The van der Waals surface area contributed by atoms with Gasteiger partial charge >= 0.3 is 0 Å². The summed E-state index contributed by atoms with van der Waals surface area (Å²) in [7, 11) is 1.87. The normalized spacial score (nSPS) is 18.9. The average molecular weight is 480 g/mol. The van der Waals surface area contributed by atoms with Gasteiger partial charge in [-0.2, -0.15) is 0 Å². The molecule has 2 aromatic carbocycles. The minimum atomic E-state index is 0.567. The summed E-state index contributed by atoms with van der Waals surface area (Å²) >= 11 is 0. The Labute approximate surface area is 207 Å². The third kappa shape index (κ3) is 3.66. The molecule has 6 heterocycles. The number of nitrogens with one attached hydrogen (secondary N) is 2. The highest BCUT2D eigenvalue weighted by atomic mass is 16.5. The van der Waals surface area contributed by atoms with Crippen LogP contribution in [0.15, 0.2) is 54.9 Å². The monoisotopic (exact) mass is 479 g/mol. The number of rotatable bonds is 5. The number of pyridine rings is 1. The fourth-order valence-corrected chi connectivity index (χ4v) is 5.09. The van der Waals surface area contributed by atoms with Gasteiger partial charge in [0.15, 0.2) is 5.82 Å². The molecule has 5 aromatic rings. The van der Waals surface area contributed by atoms with Crippen LogP contribution in [0.1, 0.15) is 12.0 Å². The maximum atomic E-state index is 6.14. The Kier molecular flexibility index (Phi) is 4.74. The highest BCUT2D eigenvalue weighted by Gasteiger charge is 2.36. The molecule has 2 bridgehead atoms. The van der Waals surface area contributed by atoms with E-state index in [4.69, 9.17) is 9.72 Å². The molecule has 3 saturated heterocycles. The van der Waals surface area contributed by atoms with Crippen LogP contribution in [0.2, 0.25) is 0 Å². The van der Waals surface area contributed by atoms with E-state index < -0.39 is 0 Å². The Morgan fingerprint density at radius 1 is 1.00 bits per heavy atom. The molecule has 0 spiro atoms. The molecule has 2 unspecified atom stereocenters.